The van der Waals surface area contributed by atoms with E-state index >= 15 is 0 Å². The third kappa shape index (κ3) is 4.74. The second-order valence-corrected chi connectivity index (χ2v) is 7.70. The van der Waals surface area contributed by atoms with Gasteiger partial charge in [0.25, 0.3) is 0 Å². The van der Waals surface area contributed by atoms with E-state index in [4.69, 9.17) is 9.72 Å². The van der Waals surface area contributed by atoms with Gasteiger partial charge in [-0.3, -0.25) is 14.8 Å². The first-order chi connectivity index (χ1) is 16.8. The Kier molecular flexibility index (Phi) is 6.16. The average molecular weight is 444 g/mol. The molecular formula is C29H21N3O2. The molecule has 3 aromatic heterocycles. The number of aldehydes is 1. The van der Waals surface area contributed by atoms with Crippen LogP contribution in [0.5, 0.6) is 5.75 Å². The summed E-state index contributed by atoms with van der Waals surface area (Å²) in [6.07, 6.45) is 4.34. The summed E-state index contributed by atoms with van der Waals surface area (Å²) in [6.45, 7) is 0.375. The first-order valence-electron chi connectivity index (χ1n) is 10.9. The molecule has 5 aromatic rings. The number of hydrogen-bond acceptors (Lipinski definition) is 5. The number of hydrogen-bond donors (Lipinski definition) is 0. The third-order valence-corrected chi connectivity index (χ3v) is 5.41. The standard InChI is InChI=1S/C29H21N3O2/c33-19-23-7-1-2-10-29(23)34-20-21-11-13-22(14-12-21)24-17-27(25-8-3-5-15-30-25)32-28(18-24)26-9-4-6-16-31-26/h1-19H,20H2. The topological polar surface area (TPSA) is 65.0 Å². The SMILES string of the molecule is O=Cc1ccccc1OCc1ccc(-c2cc(-c3ccccn3)nc(-c3ccccn3)c2)cc1. The molecule has 0 spiro atoms. The van der Waals surface area contributed by atoms with Gasteiger partial charge in [-0.15, -0.1) is 0 Å². The van der Waals surface area contributed by atoms with Crippen LogP contribution in [-0.4, -0.2) is 21.2 Å². The van der Waals surface area contributed by atoms with Gasteiger partial charge >= 0.3 is 0 Å². The third-order valence-electron chi connectivity index (χ3n) is 5.41. The van der Waals surface area contributed by atoms with Crippen molar-refractivity contribution in [1.29, 1.82) is 0 Å². The van der Waals surface area contributed by atoms with Crippen LogP contribution in [0.2, 0.25) is 0 Å². The molecular weight excluding hydrogens is 422 g/mol. The quantitative estimate of drug-likeness (QED) is 0.278. The minimum atomic E-state index is 0.375. The van der Waals surface area contributed by atoms with Gasteiger partial charge in [0, 0.05) is 12.4 Å². The zero-order valence-electron chi connectivity index (χ0n) is 18.3. The van der Waals surface area contributed by atoms with Gasteiger partial charge in [-0.25, -0.2) is 4.98 Å². The van der Waals surface area contributed by atoms with E-state index in [0.29, 0.717) is 17.9 Å². The molecule has 5 nitrogen and oxygen atoms in total. The highest BCUT2D eigenvalue weighted by molar-refractivity contribution is 5.79. The number of ether oxygens (including phenoxy) is 1. The molecule has 0 saturated heterocycles. The number of carbonyl (C=O) groups is 1. The normalized spacial score (nSPS) is 10.6. The van der Waals surface area contributed by atoms with Crippen LogP contribution in [0.3, 0.4) is 0 Å². The fourth-order valence-electron chi connectivity index (χ4n) is 3.65. The Labute approximate surface area is 197 Å². The van der Waals surface area contributed by atoms with Gasteiger partial charge in [0.1, 0.15) is 12.4 Å². The molecule has 0 aliphatic heterocycles. The van der Waals surface area contributed by atoms with Crippen LogP contribution < -0.4 is 4.74 Å². The molecule has 0 fully saturated rings. The smallest absolute Gasteiger partial charge is 0.153 e. The van der Waals surface area contributed by atoms with Crippen molar-refractivity contribution in [3.05, 3.63) is 121 Å². The Hall–Kier alpha value is -4.64. The van der Waals surface area contributed by atoms with Crippen LogP contribution in [0.1, 0.15) is 15.9 Å². The predicted octanol–water partition coefficient (Wildman–Crippen LogP) is 6.26. The lowest BCUT2D eigenvalue weighted by atomic mass is 10.0. The van der Waals surface area contributed by atoms with Crippen LogP contribution in [0.25, 0.3) is 33.9 Å². The Balaban J connectivity index is 1.45. The molecule has 5 heteroatoms. The Morgan fingerprint density at radius 3 is 1.85 bits per heavy atom. The molecule has 0 aliphatic carbocycles. The van der Waals surface area contributed by atoms with Crippen molar-refractivity contribution in [2.45, 2.75) is 6.61 Å². The highest BCUT2D eigenvalue weighted by atomic mass is 16.5. The molecule has 0 radical (unpaired) electrons. The summed E-state index contributed by atoms with van der Waals surface area (Å²) in [6, 6.07) is 31.1. The lowest BCUT2D eigenvalue weighted by Gasteiger charge is -2.11. The van der Waals surface area contributed by atoms with Gasteiger partial charge in [-0.1, -0.05) is 48.5 Å². The number of benzene rings is 2. The van der Waals surface area contributed by atoms with Gasteiger partial charge < -0.3 is 4.74 Å². The molecule has 0 bridgehead atoms. The zero-order chi connectivity index (χ0) is 23.2. The molecule has 164 valence electrons. The van der Waals surface area contributed by atoms with E-state index in [0.717, 1.165) is 45.8 Å². The van der Waals surface area contributed by atoms with Gasteiger partial charge in [-0.05, 0) is 65.2 Å². The summed E-state index contributed by atoms with van der Waals surface area (Å²) in [5, 5.41) is 0. The van der Waals surface area contributed by atoms with E-state index in [1.165, 1.54) is 0 Å². The van der Waals surface area contributed by atoms with Crippen LogP contribution in [0, 0.1) is 0 Å². The van der Waals surface area contributed by atoms with Crippen molar-refractivity contribution in [2.24, 2.45) is 0 Å². The molecule has 0 atom stereocenters. The van der Waals surface area contributed by atoms with Gasteiger partial charge in [-0.2, -0.15) is 0 Å². The van der Waals surface area contributed by atoms with Crippen molar-refractivity contribution in [3.63, 3.8) is 0 Å². The summed E-state index contributed by atoms with van der Waals surface area (Å²) in [5.74, 6) is 0.579. The minimum Gasteiger partial charge on any atom is -0.488 e. The number of nitrogens with zero attached hydrogens (tertiary/aromatic N) is 3. The number of aromatic nitrogens is 3. The summed E-state index contributed by atoms with van der Waals surface area (Å²) < 4.78 is 5.86. The number of rotatable bonds is 7. The maximum Gasteiger partial charge on any atom is 0.153 e. The lowest BCUT2D eigenvalue weighted by Crippen LogP contribution is -1.98. The van der Waals surface area contributed by atoms with E-state index < -0.39 is 0 Å². The van der Waals surface area contributed by atoms with Gasteiger partial charge in [0.05, 0.1) is 28.3 Å². The second-order valence-electron chi connectivity index (χ2n) is 7.70. The number of carbonyl (C=O) groups excluding carboxylic acids is 1. The molecule has 2 aromatic carbocycles. The molecule has 0 saturated carbocycles. The van der Waals surface area contributed by atoms with E-state index in [1.54, 1.807) is 24.5 Å². The van der Waals surface area contributed by atoms with Gasteiger partial charge in [0.15, 0.2) is 6.29 Å². The van der Waals surface area contributed by atoms with Crippen LogP contribution in [-0.2, 0) is 6.61 Å². The largest absolute Gasteiger partial charge is 0.488 e. The molecule has 0 unspecified atom stereocenters. The van der Waals surface area contributed by atoms with Crippen molar-refractivity contribution in [1.82, 2.24) is 15.0 Å². The van der Waals surface area contributed by atoms with Gasteiger partial charge in [0.2, 0.25) is 0 Å². The van der Waals surface area contributed by atoms with E-state index in [1.807, 2.05) is 72.8 Å². The summed E-state index contributed by atoms with van der Waals surface area (Å²) >= 11 is 0. The van der Waals surface area contributed by atoms with Crippen molar-refractivity contribution in [3.8, 4) is 39.7 Å². The number of pyridine rings is 3. The molecule has 0 amide bonds. The fraction of sp³-hybridized carbons (Fsp3) is 0.0345. The molecule has 0 aliphatic rings. The molecule has 5 rings (SSSR count). The number of para-hydroxylation sites is 1. The average Bonchev–Trinajstić information content (AvgIpc) is 2.93. The second kappa shape index (κ2) is 9.88. The Morgan fingerprint density at radius 2 is 1.26 bits per heavy atom. The Morgan fingerprint density at radius 1 is 0.647 bits per heavy atom. The van der Waals surface area contributed by atoms with E-state index in [9.17, 15) is 4.79 Å². The van der Waals surface area contributed by atoms with Crippen molar-refractivity contribution >= 4 is 6.29 Å². The molecule has 34 heavy (non-hydrogen) atoms. The minimum absolute atomic E-state index is 0.375. The monoisotopic (exact) mass is 443 g/mol. The predicted molar refractivity (Wildman–Crippen MR) is 132 cm³/mol. The van der Waals surface area contributed by atoms with Crippen LogP contribution >= 0.6 is 0 Å². The van der Waals surface area contributed by atoms with Crippen LogP contribution in [0.15, 0.2) is 109 Å². The van der Waals surface area contributed by atoms with Crippen molar-refractivity contribution in [2.75, 3.05) is 0 Å². The highest BCUT2D eigenvalue weighted by Crippen LogP contribution is 2.29. The summed E-state index contributed by atoms with van der Waals surface area (Å²) in [7, 11) is 0. The first-order valence-corrected chi connectivity index (χ1v) is 10.9. The Bertz CT molecular complexity index is 1350. The molecule has 0 N–H and O–H groups in total. The maximum absolute atomic E-state index is 11.2. The first kappa shape index (κ1) is 21.2. The maximum atomic E-state index is 11.2. The molecule has 3 heterocycles. The van der Waals surface area contributed by atoms with Crippen LogP contribution in [0.4, 0.5) is 0 Å². The fourth-order valence-corrected chi connectivity index (χ4v) is 3.65. The van der Waals surface area contributed by atoms with Crippen molar-refractivity contribution < 1.29 is 9.53 Å². The highest BCUT2D eigenvalue weighted by Gasteiger charge is 2.10. The van der Waals surface area contributed by atoms with E-state index in [-0.39, 0.29) is 0 Å². The lowest BCUT2D eigenvalue weighted by molar-refractivity contribution is 0.111. The van der Waals surface area contributed by atoms with E-state index in [2.05, 4.69) is 22.1 Å². The summed E-state index contributed by atoms with van der Waals surface area (Å²) in [4.78, 5) is 25.0. The zero-order valence-corrected chi connectivity index (χ0v) is 18.3. The summed E-state index contributed by atoms with van der Waals surface area (Å²) in [5.41, 5.74) is 6.81.